The standard InChI is InChI=1S/C16H21NO8S/c1-9(2)5-13(14(18)19)17-26(22,23)12-7-10(15(20)24-3)6-11(8-12)16(21)25-4/h6-9,13,17H,5H2,1-4H3,(H,18,19). The summed E-state index contributed by atoms with van der Waals surface area (Å²) in [6.07, 6.45) is 0.0646. The summed E-state index contributed by atoms with van der Waals surface area (Å²) >= 11 is 0. The van der Waals surface area contributed by atoms with Gasteiger partial charge in [0.15, 0.2) is 0 Å². The number of methoxy groups -OCH3 is 2. The molecule has 1 aromatic rings. The summed E-state index contributed by atoms with van der Waals surface area (Å²) in [4.78, 5) is 34.4. The Balaban J connectivity index is 3.39. The number of carboxylic acids is 1. The molecule has 0 aliphatic rings. The topological polar surface area (TPSA) is 136 Å². The Labute approximate surface area is 151 Å². The quantitative estimate of drug-likeness (QED) is 0.631. The van der Waals surface area contributed by atoms with Crippen molar-refractivity contribution in [3.05, 3.63) is 29.3 Å². The van der Waals surface area contributed by atoms with Crippen LogP contribution < -0.4 is 4.72 Å². The van der Waals surface area contributed by atoms with Crippen LogP contribution in [0.1, 0.15) is 41.0 Å². The molecule has 0 amide bonds. The Morgan fingerprint density at radius 2 is 1.50 bits per heavy atom. The van der Waals surface area contributed by atoms with E-state index in [9.17, 15) is 27.9 Å². The molecule has 1 rings (SSSR count). The van der Waals surface area contributed by atoms with Gasteiger partial charge in [0.2, 0.25) is 10.0 Å². The highest BCUT2D eigenvalue weighted by atomic mass is 32.2. The van der Waals surface area contributed by atoms with Crippen molar-refractivity contribution >= 4 is 27.9 Å². The van der Waals surface area contributed by atoms with E-state index in [-0.39, 0.29) is 23.5 Å². The van der Waals surface area contributed by atoms with E-state index < -0.39 is 38.9 Å². The highest BCUT2D eigenvalue weighted by Gasteiger charge is 2.28. The van der Waals surface area contributed by atoms with Crippen molar-refractivity contribution < 1.29 is 37.4 Å². The van der Waals surface area contributed by atoms with Crippen molar-refractivity contribution in [2.45, 2.75) is 31.2 Å². The predicted octanol–water partition coefficient (Wildman–Crippen LogP) is 1.04. The van der Waals surface area contributed by atoms with Crippen LogP contribution in [0.3, 0.4) is 0 Å². The summed E-state index contributed by atoms with van der Waals surface area (Å²) in [5.74, 6) is -3.13. The summed E-state index contributed by atoms with van der Waals surface area (Å²) in [6.45, 7) is 3.49. The number of hydrogen-bond donors (Lipinski definition) is 2. The fourth-order valence-electron chi connectivity index (χ4n) is 2.15. The summed E-state index contributed by atoms with van der Waals surface area (Å²) in [7, 11) is -2.13. The smallest absolute Gasteiger partial charge is 0.337 e. The minimum Gasteiger partial charge on any atom is -0.480 e. The van der Waals surface area contributed by atoms with Crippen LogP contribution in [-0.2, 0) is 24.3 Å². The van der Waals surface area contributed by atoms with Gasteiger partial charge in [-0.25, -0.2) is 18.0 Å². The molecular formula is C16H21NO8S. The van der Waals surface area contributed by atoms with Crippen LogP contribution in [0.25, 0.3) is 0 Å². The SMILES string of the molecule is COC(=O)c1cc(C(=O)OC)cc(S(=O)(=O)NC(CC(C)C)C(=O)O)c1. The summed E-state index contributed by atoms with van der Waals surface area (Å²) in [5.41, 5.74) is -0.377. The number of nitrogens with one attached hydrogen (secondary N) is 1. The molecule has 0 saturated heterocycles. The molecular weight excluding hydrogens is 366 g/mol. The molecule has 0 fully saturated rings. The first-order valence-electron chi connectivity index (χ1n) is 7.58. The van der Waals surface area contributed by atoms with Gasteiger partial charge in [0.05, 0.1) is 30.2 Å². The molecule has 1 aromatic carbocycles. The van der Waals surface area contributed by atoms with Crippen LogP contribution in [0.4, 0.5) is 0 Å². The van der Waals surface area contributed by atoms with Gasteiger partial charge in [-0.3, -0.25) is 4.79 Å². The Kier molecular flexibility index (Phi) is 7.28. The number of carbonyl (C=O) groups excluding carboxylic acids is 2. The highest BCUT2D eigenvalue weighted by Crippen LogP contribution is 2.18. The first kappa shape index (κ1) is 21.6. The van der Waals surface area contributed by atoms with Gasteiger partial charge < -0.3 is 14.6 Å². The normalized spacial score (nSPS) is 12.5. The predicted molar refractivity (Wildman–Crippen MR) is 90.3 cm³/mol. The van der Waals surface area contributed by atoms with Gasteiger partial charge in [0.25, 0.3) is 0 Å². The van der Waals surface area contributed by atoms with Crippen LogP contribution in [0.2, 0.25) is 0 Å². The Hall–Kier alpha value is -2.46. The van der Waals surface area contributed by atoms with E-state index in [0.717, 1.165) is 32.4 Å². The van der Waals surface area contributed by atoms with Gasteiger partial charge in [0, 0.05) is 0 Å². The number of rotatable bonds is 8. The Morgan fingerprint density at radius 3 is 1.85 bits per heavy atom. The fraction of sp³-hybridized carbons (Fsp3) is 0.438. The third-order valence-corrected chi connectivity index (χ3v) is 4.81. The van der Waals surface area contributed by atoms with E-state index in [1.165, 1.54) is 0 Å². The molecule has 0 heterocycles. The van der Waals surface area contributed by atoms with E-state index >= 15 is 0 Å². The molecule has 0 spiro atoms. The third kappa shape index (κ3) is 5.53. The van der Waals surface area contributed by atoms with E-state index in [1.54, 1.807) is 13.8 Å². The number of hydrogen-bond acceptors (Lipinski definition) is 7. The first-order valence-corrected chi connectivity index (χ1v) is 9.07. The zero-order valence-corrected chi connectivity index (χ0v) is 15.6. The fourth-order valence-corrected chi connectivity index (χ4v) is 3.42. The molecule has 144 valence electrons. The van der Waals surface area contributed by atoms with Gasteiger partial charge in [-0.15, -0.1) is 0 Å². The van der Waals surface area contributed by atoms with Crippen LogP contribution in [0.15, 0.2) is 23.1 Å². The van der Waals surface area contributed by atoms with Crippen molar-refractivity contribution in [3.8, 4) is 0 Å². The van der Waals surface area contributed by atoms with E-state index in [1.807, 2.05) is 0 Å². The lowest BCUT2D eigenvalue weighted by atomic mass is 10.1. The summed E-state index contributed by atoms with van der Waals surface area (Å²) < 4.78 is 36.3. The van der Waals surface area contributed by atoms with Crippen LogP contribution in [-0.4, -0.2) is 51.7 Å². The maximum absolute atomic E-state index is 12.6. The highest BCUT2D eigenvalue weighted by molar-refractivity contribution is 7.89. The van der Waals surface area contributed by atoms with Crippen molar-refractivity contribution in [1.82, 2.24) is 4.72 Å². The molecule has 0 aromatic heterocycles. The van der Waals surface area contributed by atoms with Gasteiger partial charge in [-0.2, -0.15) is 4.72 Å². The van der Waals surface area contributed by atoms with Crippen molar-refractivity contribution in [2.75, 3.05) is 14.2 Å². The number of carbonyl (C=O) groups is 3. The molecule has 2 N–H and O–H groups in total. The Bertz CT molecular complexity index is 766. The molecule has 9 nitrogen and oxygen atoms in total. The zero-order valence-electron chi connectivity index (χ0n) is 14.8. The number of aliphatic carboxylic acids is 1. The second kappa shape index (κ2) is 8.77. The molecule has 1 unspecified atom stereocenters. The minimum atomic E-state index is -4.33. The largest absolute Gasteiger partial charge is 0.480 e. The van der Waals surface area contributed by atoms with Gasteiger partial charge >= 0.3 is 17.9 Å². The average molecular weight is 387 g/mol. The van der Waals surface area contributed by atoms with Gasteiger partial charge in [-0.1, -0.05) is 13.8 Å². The molecule has 1 atom stereocenters. The van der Waals surface area contributed by atoms with Crippen LogP contribution in [0.5, 0.6) is 0 Å². The number of esters is 2. The Morgan fingerprint density at radius 1 is 1.04 bits per heavy atom. The molecule has 0 radical (unpaired) electrons. The number of benzene rings is 1. The second-order valence-corrected chi connectivity index (χ2v) is 7.58. The lowest BCUT2D eigenvalue weighted by Gasteiger charge is -2.17. The van der Waals surface area contributed by atoms with E-state index in [0.29, 0.717) is 0 Å². The minimum absolute atomic E-state index is 0.0646. The molecule has 0 aliphatic carbocycles. The van der Waals surface area contributed by atoms with Crippen LogP contribution >= 0.6 is 0 Å². The molecule has 10 heteroatoms. The summed E-state index contributed by atoms with van der Waals surface area (Å²) in [6, 6.07) is 1.76. The lowest BCUT2D eigenvalue weighted by Crippen LogP contribution is -2.41. The number of carboxylic acid groups (broad SMARTS) is 1. The zero-order chi connectivity index (χ0) is 20.1. The maximum atomic E-state index is 12.6. The van der Waals surface area contributed by atoms with Crippen molar-refractivity contribution in [3.63, 3.8) is 0 Å². The van der Waals surface area contributed by atoms with Gasteiger partial charge in [-0.05, 0) is 30.5 Å². The first-order chi connectivity index (χ1) is 12.0. The monoisotopic (exact) mass is 387 g/mol. The van der Waals surface area contributed by atoms with Crippen molar-refractivity contribution in [1.29, 1.82) is 0 Å². The second-order valence-electron chi connectivity index (χ2n) is 5.87. The average Bonchev–Trinajstić information content (AvgIpc) is 2.58. The third-order valence-electron chi connectivity index (χ3n) is 3.36. The molecule has 0 saturated carbocycles. The van der Waals surface area contributed by atoms with E-state index in [2.05, 4.69) is 14.2 Å². The van der Waals surface area contributed by atoms with Crippen molar-refractivity contribution in [2.24, 2.45) is 5.92 Å². The molecule has 0 bridgehead atoms. The molecule has 0 aliphatic heterocycles. The lowest BCUT2D eigenvalue weighted by molar-refractivity contribution is -0.139. The van der Waals surface area contributed by atoms with Gasteiger partial charge in [0.1, 0.15) is 6.04 Å². The number of ether oxygens (including phenoxy) is 2. The number of sulfonamides is 1. The molecule has 26 heavy (non-hydrogen) atoms. The van der Waals surface area contributed by atoms with Crippen LogP contribution in [0, 0.1) is 5.92 Å². The summed E-state index contributed by atoms with van der Waals surface area (Å²) in [5, 5.41) is 9.22. The van der Waals surface area contributed by atoms with E-state index in [4.69, 9.17) is 0 Å². The maximum Gasteiger partial charge on any atom is 0.337 e.